The predicted molar refractivity (Wildman–Crippen MR) is 75.8 cm³/mol. The number of nitro benzene ring substituents is 1. The lowest BCUT2D eigenvalue weighted by Gasteiger charge is -2.11. The van der Waals surface area contributed by atoms with Crippen LogP contribution in [0.2, 0.25) is 0 Å². The number of rotatable bonds is 8. The minimum Gasteiger partial charge on any atom is -0.379 e. The Morgan fingerprint density at radius 1 is 1.50 bits per heavy atom. The van der Waals surface area contributed by atoms with E-state index in [1.807, 2.05) is 13.8 Å². The number of para-hydroxylation sites is 1. The van der Waals surface area contributed by atoms with Crippen LogP contribution < -0.4 is 11.1 Å². The Morgan fingerprint density at radius 2 is 2.20 bits per heavy atom. The first-order valence-corrected chi connectivity index (χ1v) is 6.36. The van der Waals surface area contributed by atoms with E-state index >= 15 is 0 Å². The summed E-state index contributed by atoms with van der Waals surface area (Å²) in [6.07, 6.45) is 0.810. The van der Waals surface area contributed by atoms with Crippen LogP contribution in [-0.4, -0.2) is 30.1 Å². The van der Waals surface area contributed by atoms with E-state index in [1.54, 1.807) is 0 Å². The van der Waals surface area contributed by atoms with Crippen molar-refractivity contribution < 1.29 is 14.5 Å². The van der Waals surface area contributed by atoms with Gasteiger partial charge in [0, 0.05) is 19.2 Å². The zero-order chi connectivity index (χ0) is 15.1. The van der Waals surface area contributed by atoms with Gasteiger partial charge in [-0.25, -0.2) is 0 Å². The molecule has 7 nitrogen and oxygen atoms in total. The van der Waals surface area contributed by atoms with Crippen molar-refractivity contribution in [1.29, 1.82) is 0 Å². The van der Waals surface area contributed by atoms with Crippen molar-refractivity contribution >= 4 is 17.3 Å². The number of carbonyl (C=O) groups excluding carboxylic acids is 1. The van der Waals surface area contributed by atoms with Crippen LogP contribution in [-0.2, 0) is 4.74 Å². The van der Waals surface area contributed by atoms with E-state index in [9.17, 15) is 14.9 Å². The Morgan fingerprint density at radius 3 is 2.75 bits per heavy atom. The predicted octanol–water partition coefficient (Wildman–Crippen LogP) is 1.92. The number of benzene rings is 1. The summed E-state index contributed by atoms with van der Waals surface area (Å²) in [5.74, 6) is -0.699. The van der Waals surface area contributed by atoms with Gasteiger partial charge >= 0.3 is 0 Å². The third-order valence-electron chi connectivity index (χ3n) is 2.58. The Kier molecular flexibility index (Phi) is 5.92. The van der Waals surface area contributed by atoms with Crippen LogP contribution in [0, 0.1) is 10.1 Å². The quantitative estimate of drug-likeness (QED) is 0.430. The first-order chi connectivity index (χ1) is 9.43. The third kappa shape index (κ3) is 4.51. The first-order valence-electron chi connectivity index (χ1n) is 6.36. The average Bonchev–Trinajstić information content (AvgIpc) is 2.37. The van der Waals surface area contributed by atoms with Gasteiger partial charge in [-0.3, -0.25) is 14.9 Å². The number of nitrogens with one attached hydrogen (secondary N) is 1. The van der Waals surface area contributed by atoms with Crippen LogP contribution >= 0.6 is 0 Å². The zero-order valence-electron chi connectivity index (χ0n) is 11.6. The van der Waals surface area contributed by atoms with Crippen LogP contribution in [0.15, 0.2) is 18.2 Å². The molecule has 0 atom stereocenters. The molecule has 1 amide bonds. The Balaban J connectivity index is 2.76. The molecule has 0 aliphatic carbocycles. The Bertz CT molecular complexity index is 456. The number of carbonyl (C=O) groups is 1. The number of anilines is 1. The number of primary amides is 1. The number of amides is 1. The molecule has 0 aromatic heterocycles. The third-order valence-corrected chi connectivity index (χ3v) is 2.58. The van der Waals surface area contributed by atoms with Gasteiger partial charge in [-0.05, 0) is 26.3 Å². The standard InChI is InChI=1S/C13H19N3O4/c1-9(2)20-8-4-7-15-12-10(13(14)17)5-3-6-11(12)16(18)19/h3,5-6,9,15H,4,7-8H2,1-2H3,(H2,14,17). The van der Waals surface area contributed by atoms with Gasteiger partial charge in [-0.2, -0.15) is 0 Å². The molecule has 1 aromatic rings. The number of nitrogens with zero attached hydrogens (tertiary/aromatic N) is 1. The largest absolute Gasteiger partial charge is 0.379 e. The molecular formula is C13H19N3O4. The summed E-state index contributed by atoms with van der Waals surface area (Å²) in [4.78, 5) is 21.7. The second-order valence-corrected chi connectivity index (χ2v) is 4.52. The van der Waals surface area contributed by atoms with Crippen molar-refractivity contribution in [2.45, 2.75) is 26.4 Å². The van der Waals surface area contributed by atoms with E-state index < -0.39 is 10.8 Å². The fourth-order valence-electron chi connectivity index (χ4n) is 1.69. The molecule has 110 valence electrons. The summed E-state index contributed by atoms with van der Waals surface area (Å²) in [6, 6.07) is 4.23. The molecule has 7 heteroatoms. The van der Waals surface area contributed by atoms with Gasteiger partial charge in [0.15, 0.2) is 0 Å². The van der Waals surface area contributed by atoms with Crippen LogP contribution in [0.25, 0.3) is 0 Å². The van der Waals surface area contributed by atoms with Crippen molar-refractivity contribution in [3.8, 4) is 0 Å². The van der Waals surface area contributed by atoms with Gasteiger partial charge in [-0.15, -0.1) is 0 Å². The minimum atomic E-state index is -0.699. The lowest BCUT2D eigenvalue weighted by molar-refractivity contribution is -0.384. The summed E-state index contributed by atoms with van der Waals surface area (Å²) in [5.41, 5.74) is 5.34. The van der Waals surface area contributed by atoms with Crippen LogP contribution in [0.4, 0.5) is 11.4 Å². The summed E-state index contributed by atoms with van der Waals surface area (Å²) in [5, 5.41) is 13.9. The molecule has 0 aliphatic heterocycles. The molecule has 1 rings (SSSR count). The molecule has 0 saturated heterocycles. The molecule has 0 aliphatic rings. The number of ether oxygens (including phenoxy) is 1. The Hall–Kier alpha value is -2.15. The van der Waals surface area contributed by atoms with Crippen LogP contribution in [0.5, 0.6) is 0 Å². The smallest absolute Gasteiger partial charge is 0.293 e. The van der Waals surface area contributed by atoms with Crippen molar-refractivity contribution in [2.24, 2.45) is 5.73 Å². The normalized spacial score (nSPS) is 10.6. The van der Waals surface area contributed by atoms with Crippen molar-refractivity contribution in [3.63, 3.8) is 0 Å². The maximum atomic E-state index is 11.3. The lowest BCUT2D eigenvalue weighted by atomic mass is 10.1. The molecule has 0 fully saturated rings. The van der Waals surface area contributed by atoms with Gasteiger partial charge in [0.2, 0.25) is 0 Å². The van der Waals surface area contributed by atoms with Gasteiger partial charge in [0.25, 0.3) is 11.6 Å². The highest BCUT2D eigenvalue weighted by atomic mass is 16.6. The Labute approximate surface area is 117 Å². The maximum Gasteiger partial charge on any atom is 0.293 e. The van der Waals surface area contributed by atoms with Crippen molar-refractivity contribution in [3.05, 3.63) is 33.9 Å². The lowest BCUT2D eigenvalue weighted by Crippen LogP contribution is -2.17. The number of nitrogens with two attached hydrogens (primary N) is 1. The summed E-state index contributed by atoms with van der Waals surface area (Å²) >= 11 is 0. The van der Waals surface area contributed by atoms with E-state index in [2.05, 4.69) is 5.32 Å². The topological polar surface area (TPSA) is 107 Å². The molecule has 0 unspecified atom stereocenters. The molecule has 0 bridgehead atoms. The highest BCUT2D eigenvalue weighted by molar-refractivity contribution is 6.00. The summed E-state index contributed by atoms with van der Waals surface area (Å²) < 4.78 is 5.37. The highest BCUT2D eigenvalue weighted by Gasteiger charge is 2.19. The average molecular weight is 281 g/mol. The number of nitro groups is 1. The number of hydrogen-bond donors (Lipinski definition) is 2. The van der Waals surface area contributed by atoms with Gasteiger partial charge in [0.1, 0.15) is 5.69 Å². The molecular weight excluding hydrogens is 262 g/mol. The molecule has 0 saturated carbocycles. The van der Waals surface area contributed by atoms with Gasteiger partial charge in [0.05, 0.1) is 16.6 Å². The fourth-order valence-corrected chi connectivity index (χ4v) is 1.69. The van der Waals surface area contributed by atoms with E-state index in [0.717, 1.165) is 0 Å². The second-order valence-electron chi connectivity index (χ2n) is 4.52. The molecule has 0 spiro atoms. The molecule has 20 heavy (non-hydrogen) atoms. The van der Waals surface area contributed by atoms with Gasteiger partial charge < -0.3 is 15.8 Å². The number of hydrogen-bond acceptors (Lipinski definition) is 5. The van der Waals surface area contributed by atoms with Crippen molar-refractivity contribution in [1.82, 2.24) is 0 Å². The van der Waals surface area contributed by atoms with E-state index in [-0.39, 0.29) is 23.0 Å². The maximum absolute atomic E-state index is 11.3. The molecule has 1 aromatic carbocycles. The van der Waals surface area contributed by atoms with Crippen molar-refractivity contribution in [2.75, 3.05) is 18.5 Å². The monoisotopic (exact) mass is 281 g/mol. The van der Waals surface area contributed by atoms with E-state index in [1.165, 1.54) is 18.2 Å². The zero-order valence-corrected chi connectivity index (χ0v) is 11.6. The van der Waals surface area contributed by atoms with Crippen LogP contribution in [0.3, 0.4) is 0 Å². The summed E-state index contributed by atoms with van der Waals surface area (Å²) in [6.45, 7) is 4.86. The fraction of sp³-hybridized carbons (Fsp3) is 0.462. The van der Waals surface area contributed by atoms with Gasteiger partial charge in [-0.1, -0.05) is 6.07 Å². The van der Waals surface area contributed by atoms with E-state index in [4.69, 9.17) is 10.5 Å². The first kappa shape index (κ1) is 15.9. The van der Waals surface area contributed by atoms with E-state index in [0.29, 0.717) is 19.6 Å². The van der Waals surface area contributed by atoms with Crippen LogP contribution in [0.1, 0.15) is 30.6 Å². The molecule has 3 N–H and O–H groups in total. The molecule has 0 heterocycles. The highest BCUT2D eigenvalue weighted by Crippen LogP contribution is 2.27. The second kappa shape index (κ2) is 7.44. The summed E-state index contributed by atoms with van der Waals surface area (Å²) in [7, 11) is 0. The molecule has 0 radical (unpaired) electrons. The SMILES string of the molecule is CC(C)OCCCNc1c(C(N)=O)cccc1[N+](=O)[O-]. The minimum absolute atomic E-state index is 0.115.